The van der Waals surface area contributed by atoms with Crippen LogP contribution in [-0.4, -0.2) is 48.6 Å². The van der Waals surface area contributed by atoms with Gasteiger partial charge in [0.05, 0.1) is 10.2 Å². The zero-order chi connectivity index (χ0) is 18.8. The van der Waals surface area contributed by atoms with Crippen molar-refractivity contribution in [3.63, 3.8) is 0 Å². The predicted octanol–water partition coefficient (Wildman–Crippen LogP) is 3.47. The van der Waals surface area contributed by atoms with Gasteiger partial charge in [0.25, 0.3) is 5.91 Å². The van der Waals surface area contributed by atoms with Gasteiger partial charge in [-0.25, -0.2) is 9.37 Å². The Bertz CT molecular complexity index is 967. The Morgan fingerprint density at radius 2 is 1.93 bits per heavy atom. The average molecular weight is 385 g/mol. The van der Waals surface area contributed by atoms with Crippen LogP contribution in [0.5, 0.6) is 5.75 Å². The first-order valence-corrected chi connectivity index (χ1v) is 9.69. The maximum absolute atomic E-state index is 13.6. The van der Waals surface area contributed by atoms with E-state index in [1.54, 1.807) is 28.4 Å². The first kappa shape index (κ1) is 17.7. The Balaban J connectivity index is 1.34. The molecule has 0 N–H and O–H groups in total. The lowest BCUT2D eigenvalue weighted by atomic mass is 10.2. The van der Waals surface area contributed by atoms with Gasteiger partial charge in [-0.05, 0) is 30.7 Å². The Labute approximate surface area is 161 Å². The number of rotatable bonds is 4. The van der Waals surface area contributed by atoms with Gasteiger partial charge in [-0.1, -0.05) is 35.6 Å². The molecule has 1 aliphatic heterocycles. The van der Waals surface area contributed by atoms with Crippen LogP contribution >= 0.6 is 11.3 Å². The molecule has 0 aliphatic carbocycles. The number of anilines is 1. The van der Waals surface area contributed by atoms with Crippen molar-refractivity contribution in [1.82, 2.24) is 9.88 Å². The molecule has 2 heterocycles. The van der Waals surface area contributed by atoms with Gasteiger partial charge in [0.2, 0.25) is 0 Å². The molecule has 2 aromatic carbocycles. The molecule has 0 saturated carbocycles. The normalized spacial score (nSPS) is 14.6. The second-order valence-electron chi connectivity index (χ2n) is 6.51. The van der Waals surface area contributed by atoms with Crippen molar-refractivity contribution in [2.45, 2.75) is 6.92 Å². The Kier molecular flexibility index (Phi) is 4.94. The summed E-state index contributed by atoms with van der Waals surface area (Å²) in [6.45, 7) is 4.58. The van der Waals surface area contributed by atoms with Crippen LogP contribution in [0.25, 0.3) is 10.2 Å². The fourth-order valence-corrected chi connectivity index (χ4v) is 4.24. The highest BCUT2D eigenvalue weighted by Crippen LogP contribution is 2.31. The molecule has 4 rings (SSSR count). The molecule has 3 aromatic rings. The Morgan fingerprint density at radius 1 is 1.15 bits per heavy atom. The highest BCUT2D eigenvalue weighted by molar-refractivity contribution is 7.22. The number of hydrogen-bond donors (Lipinski definition) is 0. The van der Waals surface area contributed by atoms with Gasteiger partial charge < -0.3 is 14.5 Å². The van der Waals surface area contributed by atoms with Gasteiger partial charge >= 0.3 is 0 Å². The molecular formula is C20H20FN3O2S. The summed E-state index contributed by atoms with van der Waals surface area (Å²) in [4.78, 5) is 21.1. The second kappa shape index (κ2) is 7.52. The van der Waals surface area contributed by atoms with E-state index in [1.807, 2.05) is 6.07 Å². The number of hydrogen-bond acceptors (Lipinski definition) is 5. The number of piperazine rings is 1. The topological polar surface area (TPSA) is 45.7 Å². The molecule has 1 fully saturated rings. The number of para-hydroxylation sites is 2. The number of aromatic nitrogens is 1. The van der Waals surface area contributed by atoms with E-state index in [4.69, 9.17) is 9.72 Å². The molecule has 1 aromatic heterocycles. The van der Waals surface area contributed by atoms with Crippen LogP contribution in [0, 0.1) is 12.7 Å². The molecule has 1 amide bonds. The smallest absolute Gasteiger partial charge is 0.260 e. The second-order valence-corrected chi connectivity index (χ2v) is 7.51. The summed E-state index contributed by atoms with van der Waals surface area (Å²) in [6, 6.07) is 12.3. The van der Waals surface area contributed by atoms with E-state index in [2.05, 4.69) is 24.0 Å². The van der Waals surface area contributed by atoms with Crippen molar-refractivity contribution in [2.24, 2.45) is 0 Å². The van der Waals surface area contributed by atoms with Crippen molar-refractivity contribution in [1.29, 1.82) is 0 Å². The number of carbonyl (C=O) groups excluding carboxylic acids is 1. The van der Waals surface area contributed by atoms with Crippen LogP contribution in [0.3, 0.4) is 0 Å². The van der Waals surface area contributed by atoms with Crippen LogP contribution in [-0.2, 0) is 4.79 Å². The van der Waals surface area contributed by atoms with Crippen LogP contribution in [0.15, 0.2) is 42.5 Å². The number of fused-ring (bicyclic) bond motifs is 1. The fraction of sp³-hybridized carbons (Fsp3) is 0.300. The summed E-state index contributed by atoms with van der Waals surface area (Å²) in [5.74, 6) is -0.478. The van der Waals surface area contributed by atoms with Gasteiger partial charge in [0.1, 0.15) is 0 Å². The van der Waals surface area contributed by atoms with Crippen molar-refractivity contribution in [3.05, 3.63) is 53.8 Å². The van der Waals surface area contributed by atoms with Gasteiger partial charge in [0, 0.05) is 26.2 Å². The third-order valence-electron chi connectivity index (χ3n) is 4.70. The number of carbonyl (C=O) groups is 1. The van der Waals surface area contributed by atoms with E-state index in [0.717, 1.165) is 23.7 Å². The summed E-state index contributed by atoms with van der Waals surface area (Å²) in [7, 11) is 0. The van der Waals surface area contributed by atoms with Gasteiger partial charge in [-0.15, -0.1) is 0 Å². The highest BCUT2D eigenvalue weighted by Gasteiger charge is 2.23. The molecule has 0 unspecified atom stereocenters. The first-order chi connectivity index (χ1) is 13.1. The van der Waals surface area contributed by atoms with Gasteiger partial charge in [0.15, 0.2) is 23.3 Å². The highest BCUT2D eigenvalue weighted by atomic mass is 32.1. The lowest BCUT2D eigenvalue weighted by Gasteiger charge is -2.34. The lowest BCUT2D eigenvalue weighted by Crippen LogP contribution is -2.50. The minimum Gasteiger partial charge on any atom is -0.481 e. The third kappa shape index (κ3) is 3.73. The molecule has 0 bridgehead atoms. The van der Waals surface area contributed by atoms with Gasteiger partial charge in [-0.2, -0.15) is 0 Å². The van der Waals surface area contributed by atoms with E-state index >= 15 is 0 Å². The van der Waals surface area contributed by atoms with E-state index in [0.29, 0.717) is 13.1 Å². The number of halogens is 1. The number of amides is 1. The van der Waals surface area contributed by atoms with Crippen molar-refractivity contribution < 1.29 is 13.9 Å². The summed E-state index contributed by atoms with van der Waals surface area (Å²) in [5.41, 5.74) is 2.23. The summed E-state index contributed by atoms with van der Waals surface area (Å²) < 4.78 is 20.1. The largest absolute Gasteiger partial charge is 0.481 e. The molecule has 5 nitrogen and oxygen atoms in total. The average Bonchev–Trinajstić information content (AvgIpc) is 3.13. The molecule has 0 radical (unpaired) electrons. The molecular weight excluding hydrogens is 365 g/mol. The molecule has 0 spiro atoms. The molecule has 27 heavy (non-hydrogen) atoms. The summed E-state index contributed by atoms with van der Waals surface area (Å²) >= 11 is 1.68. The fourth-order valence-electron chi connectivity index (χ4n) is 3.15. The number of benzene rings is 2. The molecule has 1 saturated heterocycles. The number of nitrogens with zero attached hydrogens (tertiary/aromatic N) is 3. The summed E-state index contributed by atoms with van der Waals surface area (Å²) in [5, 5.41) is 0.994. The minimum atomic E-state index is -0.457. The standard InChI is InChI=1S/C20H20FN3O2S/c1-14-5-4-8-17-19(14)22-20(27-17)24-11-9-23(10-12-24)18(25)13-26-16-7-3-2-6-15(16)21/h2-8H,9-13H2,1H3. The van der Waals surface area contributed by atoms with E-state index in [1.165, 1.54) is 22.4 Å². The molecule has 140 valence electrons. The Morgan fingerprint density at radius 3 is 2.67 bits per heavy atom. The minimum absolute atomic E-state index is 0.106. The number of ether oxygens (including phenoxy) is 1. The van der Waals surface area contributed by atoms with E-state index in [9.17, 15) is 9.18 Å². The zero-order valence-corrected chi connectivity index (χ0v) is 15.8. The number of aryl methyl sites for hydroxylation is 1. The van der Waals surface area contributed by atoms with Gasteiger partial charge in [-0.3, -0.25) is 4.79 Å². The monoisotopic (exact) mass is 385 g/mol. The molecule has 0 atom stereocenters. The quantitative estimate of drug-likeness (QED) is 0.690. The van der Waals surface area contributed by atoms with Crippen molar-refractivity contribution in [3.8, 4) is 5.75 Å². The van der Waals surface area contributed by atoms with Crippen LogP contribution in [0.1, 0.15) is 5.56 Å². The lowest BCUT2D eigenvalue weighted by molar-refractivity contribution is -0.133. The van der Waals surface area contributed by atoms with Crippen LogP contribution in [0.2, 0.25) is 0 Å². The predicted molar refractivity (Wildman–Crippen MR) is 105 cm³/mol. The van der Waals surface area contributed by atoms with Crippen molar-refractivity contribution in [2.75, 3.05) is 37.7 Å². The van der Waals surface area contributed by atoms with Crippen LogP contribution < -0.4 is 9.64 Å². The van der Waals surface area contributed by atoms with Crippen molar-refractivity contribution >= 4 is 32.6 Å². The number of thiazole rings is 1. The zero-order valence-electron chi connectivity index (χ0n) is 15.0. The SMILES string of the molecule is Cc1cccc2sc(N3CCN(C(=O)COc4ccccc4F)CC3)nc12. The molecule has 1 aliphatic rings. The third-order valence-corrected chi connectivity index (χ3v) is 5.78. The Hall–Kier alpha value is -2.67. The van der Waals surface area contributed by atoms with E-state index < -0.39 is 5.82 Å². The summed E-state index contributed by atoms with van der Waals surface area (Å²) in [6.07, 6.45) is 0. The first-order valence-electron chi connectivity index (χ1n) is 8.88. The maximum Gasteiger partial charge on any atom is 0.260 e. The van der Waals surface area contributed by atoms with Crippen LogP contribution in [0.4, 0.5) is 9.52 Å². The maximum atomic E-state index is 13.6. The molecule has 7 heteroatoms. The van der Waals surface area contributed by atoms with E-state index in [-0.39, 0.29) is 18.3 Å².